The van der Waals surface area contributed by atoms with E-state index in [0.717, 1.165) is 24.4 Å². The lowest BCUT2D eigenvalue weighted by Crippen LogP contribution is -2.46. The van der Waals surface area contributed by atoms with Crippen LogP contribution in [0.4, 0.5) is 0 Å². The molecular formula is C16H23N5O3S. The first-order chi connectivity index (χ1) is 12.0. The van der Waals surface area contributed by atoms with Gasteiger partial charge in [0.05, 0.1) is 6.10 Å². The molecule has 1 aliphatic heterocycles. The summed E-state index contributed by atoms with van der Waals surface area (Å²) in [5.41, 5.74) is 5.59. The summed E-state index contributed by atoms with van der Waals surface area (Å²) >= 11 is 1.47. The van der Waals surface area contributed by atoms with Gasteiger partial charge < -0.3 is 15.0 Å². The van der Waals surface area contributed by atoms with Crippen LogP contribution in [0.15, 0.2) is 16.1 Å². The lowest BCUT2D eigenvalue weighted by atomic mass is 9.98. The van der Waals surface area contributed by atoms with Gasteiger partial charge in [0.15, 0.2) is 5.82 Å². The van der Waals surface area contributed by atoms with Gasteiger partial charge in [-0.3, -0.25) is 9.69 Å². The maximum atomic E-state index is 11.8. The molecule has 2 aromatic heterocycles. The Morgan fingerprint density at radius 2 is 2.44 bits per heavy atom. The van der Waals surface area contributed by atoms with Crippen molar-refractivity contribution in [3.8, 4) is 0 Å². The number of nitrogens with two attached hydrogens (primary N) is 1. The highest BCUT2D eigenvalue weighted by Gasteiger charge is 2.31. The highest BCUT2D eigenvalue weighted by molar-refractivity contribution is 7.09. The molecule has 136 valence electrons. The Morgan fingerprint density at radius 1 is 1.60 bits per heavy atom. The van der Waals surface area contributed by atoms with Gasteiger partial charge in [0.25, 0.3) is 0 Å². The van der Waals surface area contributed by atoms with E-state index in [0.29, 0.717) is 30.9 Å². The Kier molecular flexibility index (Phi) is 5.77. The molecule has 1 unspecified atom stereocenters. The van der Waals surface area contributed by atoms with E-state index in [2.05, 4.69) is 26.9 Å². The Bertz CT molecular complexity index is 690. The van der Waals surface area contributed by atoms with E-state index in [4.69, 9.17) is 15.0 Å². The molecule has 25 heavy (non-hydrogen) atoms. The normalized spacial score (nSPS) is 22.8. The van der Waals surface area contributed by atoms with Gasteiger partial charge in [-0.25, -0.2) is 4.98 Å². The summed E-state index contributed by atoms with van der Waals surface area (Å²) in [6.45, 7) is 5.72. The van der Waals surface area contributed by atoms with Gasteiger partial charge in [0.2, 0.25) is 11.8 Å². The van der Waals surface area contributed by atoms with Gasteiger partial charge in [0, 0.05) is 37.6 Å². The van der Waals surface area contributed by atoms with Crippen molar-refractivity contribution < 1.29 is 14.1 Å². The zero-order chi connectivity index (χ0) is 17.8. The van der Waals surface area contributed by atoms with Crippen molar-refractivity contribution in [1.82, 2.24) is 20.0 Å². The van der Waals surface area contributed by atoms with Crippen molar-refractivity contribution >= 4 is 17.2 Å². The number of primary amides is 1. The van der Waals surface area contributed by atoms with Crippen LogP contribution in [0.5, 0.6) is 0 Å². The molecule has 3 heterocycles. The highest BCUT2D eigenvalue weighted by atomic mass is 32.1. The van der Waals surface area contributed by atoms with Crippen molar-refractivity contribution in [3.63, 3.8) is 0 Å². The van der Waals surface area contributed by atoms with Crippen LogP contribution in [0.3, 0.4) is 0 Å². The zero-order valence-electron chi connectivity index (χ0n) is 14.4. The van der Waals surface area contributed by atoms with Crippen molar-refractivity contribution in [1.29, 1.82) is 0 Å². The predicted molar refractivity (Wildman–Crippen MR) is 91.9 cm³/mol. The summed E-state index contributed by atoms with van der Waals surface area (Å²) in [7, 11) is 0. The molecule has 9 heteroatoms. The maximum absolute atomic E-state index is 11.8. The molecule has 0 radical (unpaired) electrons. The van der Waals surface area contributed by atoms with E-state index in [9.17, 15) is 4.79 Å². The van der Waals surface area contributed by atoms with Gasteiger partial charge >= 0.3 is 0 Å². The first-order valence-corrected chi connectivity index (χ1v) is 9.24. The number of amides is 1. The summed E-state index contributed by atoms with van der Waals surface area (Å²) in [5.74, 6) is 0.432. The summed E-state index contributed by atoms with van der Waals surface area (Å²) < 4.78 is 10.9. The average molecular weight is 365 g/mol. The van der Waals surface area contributed by atoms with Crippen molar-refractivity contribution in [3.05, 3.63) is 28.3 Å². The number of nitrogens with zero attached hydrogens (tertiary/aromatic N) is 4. The second-order valence-electron chi connectivity index (χ2n) is 6.36. The molecule has 0 aliphatic carbocycles. The molecule has 1 aliphatic rings. The minimum atomic E-state index is -0.359. The number of hydrogen-bond acceptors (Lipinski definition) is 8. The fraction of sp³-hybridized carbons (Fsp3) is 0.625. The second kappa shape index (κ2) is 8.03. The molecule has 2 aromatic rings. The summed E-state index contributed by atoms with van der Waals surface area (Å²) in [6.07, 6.45) is 3.64. The molecule has 0 aromatic carbocycles. The number of aromatic nitrogens is 3. The maximum Gasteiger partial charge on any atom is 0.228 e. The number of piperidine rings is 1. The average Bonchev–Trinajstić information content (AvgIpc) is 3.23. The Morgan fingerprint density at radius 3 is 3.04 bits per heavy atom. The van der Waals surface area contributed by atoms with Gasteiger partial charge in [-0.2, -0.15) is 4.98 Å². The predicted octanol–water partition coefficient (Wildman–Crippen LogP) is 1.47. The van der Waals surface area contributed by atoms with Gasteiger partial charge in [-0.05, 0) is 19.8 Å². The number of hydrogen-bond donors (Lipinski definition) is 1. The first kappa shape index (κ1) is 18.0. The summed E-state index contributed by atoms with van der Waals surface area (Å²) in [4.78, 5) is 22.5. The molecule has 3 rings (SSSR count). The SMILES string of the molecule is Cc1nc(CO[C@H]2CCN(CC(C(N)=O)c3nccs3)[C@@H](C)C2)no1. The molecule has 0 spiro atoms. The van der Waals surface area contributed by atoms with E-state index in [1.165, 1.54) is 11.3 Å². The fourth-order valence-electron chi connectivity index (χ4n) is 3.12. The minimum absolute atomic E-state index is 0.150. The third-order valence-electron chi connectivity index (χ3n) is 4.49. The zero-order valence-corrected chi connectivity index (χ0v) is 15.2. The number of thiazole rings is 1. The lowest BCUT2D eigenvalue weighted by molar-refractivity contribution is -0.120. The third kappa shape index (κ3) is 4.62. The molecule has 8 nitrogen and oxygen atoms in total. The van der Waals surface area contributed by atoms with Crippen molar-refractivity contribution in [2.75, 3.05) is 13.1 Å². The quantitative estimate of drug-likeness (QED) is 0.791. The minimum Gasteiger partial charge on any atom is -0.370 e. The van der Waals surface area contributed by atoms with Crippen LogP contribution in [0.2, 0.25) is 0 Å². The van der Waals surface area contributed by atoms with Crippen LogP contribution in [0, 0.1) is 6.92 Å². The molecule has 0 saturated carbocycles. The summed E-state index contributed by atoms with van der Waals surface area (Å²) in [5, 5.41) is 6.50. The first-order valence-electron chi connectivity index (χ1n) is 8.36. The van der Waals surface area contributed by atoms with E-state index in [1.54, 1.807) is 13.1 Å². The number of likely N-dealkylation sites (tertiary alicyclic amines) is 1. The van der Waals surface area contributed by atoms with E-state index >= 15 is 0 Å². The topological polar surface area (TPSA) is 107 Å². The Balaban J connectivity index is 1.51. The fourth-order valence-corrected chi connectivity index (χ4v) is 3.86. The highest BCUT2D eigenvalue weighted by Crippen LogP contribution is 2.25. The smallest absolute Gasteiger partial charge is 0.228 e. The third-order valence-corrected chi connectivity index (χ3v) is 5.38. The number of ether oxygens (including phenoxy) is 1. The van der Waals surface area contributed by atoms with E-state index < -0.39 is 0 Å². The molecule has 1 amide bonds. The van der Waals surface area contributed by atoms with Crippen LogP contribution in [0.25, 0.3) is 0 Å². The van der Waals surface area contributed by atoms with Crippen LogP contribution < -0.4 is 5.73 Å². The molecule has 1 saturated heterocycles. The second-order valence-corrected chi connectivity index (χ2v) is 7.28. The Labute approximate surface area is 150 Å². The van der Waals surface area contributed by atoms with Gasteiger partial charge in [-0.1, -0.05) is 5.16 Å². The monoisotopic (exact) mass is 365 g/mol. The number of rotatable bonds is 7. The number of carbonyl (C=O) groups excluding carboxylic acids is 1. The van der Waals surface area contributed by atoms with Crippen molar-refractivity contribution in [2.45, 2.75) is 51.4 Å². The molecule has 1 fully saturated rings. The largest absolute Gasteiger partial charge is 0.370 e. The van der Waals surface area contributed by atoms with Crippen LogP contribution in [-0.4, -0.2) is 51.2 Å². The number of carbonyl (C=O) groups is 1. The van der Waals surface area contributed by atoms with Gasteiger partial charge in [0.1, 0.15) is 17.5 Å². The Hall–Kier alpha value is -1.84. The standard InChI is InChI=1S/C16H23N5O3S/c1-10-7-12(23-9-14-19-11(2)24-20-14)3-5-21(10)8-13(15(17)22)16-18-4-6-25-16/h4,6,10,12-13H,3,5,7-9H2,1-2H3,(H2,17,22)/t10-,12-,13?/m0/s1. The summed E-state index contributed by atoms with van der Waals surface area (Å²) in [6, 6.07) is 0.299. The van der Waals surface area contributed by atoms with E-state index in [1.807, 2.05) is 5.38 Å². The van der Waals surface area contributed by atoms with Crippen LogP contribution >= 0.6 is 11.3 Å². The van der Waals surface area contributed by atoms with Crippen molar-refractivity contribution in [2.24, 2.45) is 5.73 Å². The molecular weight excluding hydrogens is 342 g/mol. The van der Waals surface area contributed by atoms with Crippen LogP contribution in [-0.2, 0) is 16.1 Å². The lowest BCUT2D eigenvalue weighted by Gasteiger charge is -2.38. The molecule has 2 N–H and O–H groups in total. The van der Waals surface area contributed by atoms with Crippen LogP contribution in [0.1, 0.15) is 42.4 Å². The number of aryl methyl sites for hydroxylation is 1. The molecule has 0 bridgehead atoms. The van der Waals surface area contributed by atoms with Gasteiger partial charge in [-0.15, -0.1) is 11.3 Å². The van der Waals surface area contributed by atoms with E-state index in [-0.39, 0.29) is 17.9 Å². The molecule has 3 atom stereocenters.